The van der Waals surface area contributed by atoms with Crippen LogP contribution < -0.4 is 10.0 Å². The molecule has 0 aliphatic rings. The van der Waals surface area contributed by atoms with Gasteiger partial charge in [0.1, 0.15) is 15.6 Å². The van der Waals surface area contributed by atoms with E-state index in [0.717, 1.165) is 21.8 Å². The smallest absolute Gasteiger partial charge is 0.250 e. The van der Waals surface area contributed by atoms with E-state index in [1.165, 1.54) is 0 Å². The number of rotatable bonds is 8. The van der Waals surface area contributed by atoms with Gasteiger partial charge in [-0.1, -0.05) is 42.4 Å². The van der Waals surface area contributed by atoms with E-state index in [4.69, 9.17) is 4.52 Å². The molecule has 1 aromatic carbocycles. The summed E-state index contributed by atoms with van der Waals surface area (Å²) in [7, 11) is -3.60. The van der Waals surface area contributed by atoms with Gasteiger partial charge < -0.3 is 9.84 Å². The Labute approximate surface area is 173 Å². The number of benzene rings is 1. The van der Waals surface area contributed by atoms with Crippen molar-refractivity contribution >= 4 is 45.1 Å². The number of hydrogen-bond acceptors (Lipinski definition) is 6. The minimum atomic E-state index is -3.60. The van der Waals surface area contributed by atoms with Crippen molar-refractivity contribution in [3.05, 3.63) is 64.4 Å². The summed E-state index contributed by atoms with van der Waals surface area (Å²) in [6.45, 7) is 3.72. The highest BCUT2D eigenvalue weighted by molar-refractivity contribution is 7.91. The van der Waals surface area contributed by atoms with E-state index in [1.807, 2.05) is 30.3 Å². The Hall–Kier alpha value is -2.75. The van der Waals surface area contributed by atoms with Gasteiger partial charge in [-0.05, 0) is 36.8 Å². The number of thiophene rings is 1. The number of nitrogens with zero attached hydrogens (tertiary/aromatic N) is 1. The topological polar surface area (TPSA) is 101 Å². The van der Waals surface area contributed by atoms with Crippen molar-refractivity contribution in [2.45, 2.75) is 31.0 Å². The first-order chi connectivity index (χ1) is 13.9. The number of amides is 1. The first-order valence-electron chi connectivity index (χ1n) is 8.96. The van der Waals surface area contributed by atoms with Gasteiger partial charge in [0, 0.05) is 17.8 Å². The Bertz CT molecular complexity index is 1120. The SMILES string of the molecule is CCC(=O)Nc1c(C)noc1/C=C/c1ccc(S(=O)(=O)NCc2ccccc2)s1. The van der Waals surface area contributed by atoms with Crippen molar-refractivity contribution in [2.24, 2.45) is 0 Å². The van der Waals surface area contributed by atoms with Gasteiger partial charge in [0.15, 0.2) is 5.76 Å². The molecule has 152 valence electrons. The molecule has 0 fully saturated rings. The van der Waals surface area contributed by atoms with E-state index in [-0.39, 0.29) is 16.7 Å². The van der Waals surface area contributed by atoms with Gasteiger partial charge in [0.2, 0.25) is 15.9 Å². The zero-order chi connectivity index (χ0) is 20.9. The Kier molecular flexibility index (Phi) is 6.63. The van der Waals surface area contributed by atoms with Crippen LogP contribution in [-0.4, -0.2) is 19.5 Å². The molecule has 0 saturated carbocycles. The molecule has 2 N–H and O–H groups in total. The number of aryl methyl sites for hydroxylation is 1. The highest BCUT2D eigenvalue weighted by Crippen LogP contribution is 2.26. The molecule has 7 nitrogen and oxygen atoms in total. The first-order valence-corrected chi connectivity index (χ1v) is 11.3. The van der Waals surface area contributed by atoms with Crippen LogP contribution in [0.4, 0.5) is 5.69 Å². The molecule has 0 bridgehead atoms. The molecule has 29 heavy (non-hydrogen) atoms. The molecule has 2 aromatic heterocycles. The van der Waals surface area contributed by atoms with Crippen LogP contribution in [0, 0.1) is 6.92 Å². The first kappa shape index (κ1) is 21.0. The van der Waals surface area contributed by atoms with E-state index in [2.05, 4.69) is 15.2 Å². The van der Waals surface area contributed by atoms with E-state index in [1.54, 1.807) is 38.1 Å². The third kappa shape index (κ3) is 5.41. The molecule has 0 radical (unpaired) electrons. The molecule has 0 atom stereocenters. The molecular formula is C20H21N3O4S2. The van der Waals surface area contributed by atoms with Crippen molar-refractivity contribution in [3.63, 3.8) is 0 Å². The predicted octanol–water partition coefficient (Wildman–Crippen LogP) is 4.04. The summed E-state index contributed by atoms with van der Waals surface area (Å²) in [4.78, 5) is 12.4. The Morgan fingerprint density at radius 2 is 1.93 bits per heavy atom. The van der Waals surface area contributed by atoms with Crippen LogP contribution in [0.1, 0.15) is 35.2 Å². The number of carbonyl (C=O) groups is 1. The highest BCUT2D eigenvalue weighted by Gasteiger charge is 2.17. The summed E-state index contributed by atoms with van der Waals surface area (Å²) in [5.41, 5.74) is 1.98. The molecule has 3 aromatic rings. The molecule has 0 unspecified atom stereocenters. The molecule has 2 heterocycles. The second-order valence-electron chi connectivity index (χ2n) is 6.21. The maximum atomic E-state index is 12.5. The van der Waals surface area contributed by atoms with Gasteiger partial charge in [0.05, 0.1) is 0 Å². The lowest BCUT2D eigenvalue weighted by Gasteiger charge is -2.04. The zero-order valence-corrected chi connectivity index (χ0v) is 17.6. The molecule has 3 rings (SSSR count). The van der Waals surface area contributed by atoms with Crippen LogP contribution in [0.2, 0.25) is 0 Å². The van der Waals surface area contributed by atoms with E-state index in [9.17, 15) is 13.2 Å². The largest absolute Gasteiger partial charge is 0.354 e. The van der Waals surface area contributed by atoms with Crippen LogP contribution in [0.15, 0.2) is 51.2 Å². The Morgan fingerprint density at radius 1 is 1.17 bits per heavy atom. The fourth-order valence-corrected chi connectivity index (χ4v) is 4.74. The maximum Gasteiger partial charge on any atom is 0.250 e. The number of sulfonamides is 1. The normalized spacial score (nSPS) is 11.8. The van der Waals surface area contributed by atoms with Crippen molar-refractivity contribution < 1.29 is 17.7 Å². The minimum Gasteiger partial charge on any atom is -0.354 e. The average Bonchev–Trinajstić information content (AvgIpc) is 3.34. The van der Waals surface area contributed by atoms with Crippen LogP contribution >= 0.6 is 11.3 Å². The van der Waals surface area contributed by atoms with Gasteiger partial charge in [-0.3, -0.25) is 4.79 Å². The summed E-state index contributed by atoms with van der Waals surface area (Å²) < 4.78 is 33.1. The number of nitrogens with one attached hydrogen (secondary N) is 2. The molecule has 0 saturated heterocycles. The number of carbonyl (C=O) groups excluding carboxylic acids is 1. The summed E-state index contributed by atoms with van der Waals surface area (Å²) in [5, 5.41) is 6.63. The summed E-state index contributed by atoms with van der Waals surface area (Å²) in [5.74, 6) is 0.268. The van der Waals surface area contributed by atoms with Gasteiger partial charge in [0.25, 0.3) is 0 Å². The molecule has 9 heteroatoms. The van der Waals surface area contributed by atoms with Crippen LogP contribution in [0.3, 0.4) is 0 Å². The lowest BCUT2D eigenvalue weighted by atomic mass is 10.2. The van der Waals surface area contributed by atoms with Gasteiger partial charge >= 0.3 is 0 Å². The third-order valence-corrected chi connectivity index (χ3v) is 6.99. The van der Waals surface area contributed by atoms with Gasteiger partial charge in [-0.2, -0.15) is 0 Å². The third-order valence-electron chi connectivity index (χ3n) is 4.05. The fraction of sp³-hybridized carbons (Fsp3) is 0.200. The zero-order valence-electron chi connectivity index (χ0n) is 16.0. The number of anilines is 1. The van der Waals surface area contributed by atoms with Gasteiger partial charge in [-0.15, -0.1) is 11.3 Å². The van der Waals surface area contributed by atoms with Crippen molar-refractivity contribution in [1.29, 1.82) is 0 Å². The lowest BCUT2D eigenvalue weighted by molar-refractivity contribution is -0.115. The molecule has 1 amide bonds. The Balaban J connectivity index is 1.71. The standard InChI is InChI=1S/C20H21N3O4S2/c1-3-18(24)22-20-14(2)23-27-17(20)11-9-16-10-12-19(28-16)29(25,26)21-13-15-7-5-4-6-8-15/h4-12,21H,3,13H2,1-2H3,(H,22,24)/b11-9+. The van der Waals surface area contributed by atoms with Crippen molar-refractivity contribution in [2.75, 3.05) is 5.32 Å². The lowest BCUT2D eigenvalue weighted by Crippen LogP contribution is -2.22. The van der Waals surface area contributed by atoms with Crippen molar-refractivity contribution in [3.8, 4) is 0 Å². The van der Waals surface area contributed by atoms with E-state index >= 15 is 0 Å². The fourth-order valence-electron chi connectivity index (χ4n) is 2.45. The molecule has 0 spiro atoms. The van der Waals surface area contributed by atoms with Crippen LogP contribution in [0.25, 0.3) is 12.2 Å². The predicted molar refractivity (Wildman–Crippen MR) is 114 cm³/mol. The number of aromatic nitrogens is 1. The van der Waals surface area contributed by atoms with Crippen LogP contribution in [-0.2, 0) is 21.4 Å². The Morgan fingerprint density at radius 3 is 2.66 bits per heavy atom. The van der Waals surface area contributed by atoms with Gasteiger partial charge in [-0.25, -0.2) is 13.1 Å². The monoisotopic (exact) mass is 431 g/mol. The van der Waals surface area contributed by atoms with E-state index in [0.29, 0.717) is 23.6 Å². The number of hydrogen-bond donors (Lipinski definition) is 2. The molecule has 0 aliphatic carbocycles. The molecule has 0 aliphatic heterocycles. The second kappa shape index (κ2) is 9.17. The second-order valence-corrected chi connectivity index (χ2v) is 9.32. The van der Waals surface area contributed by atoms with Crippen molar-refractivity contribution in [1.82, 2.24) is 9.88 Å². The highest BCUT2D eigenvalue weighted by atomic mass is 32.2. The quantitative estimate of drug-likeness (QED) is 0.560. The summed E-state index contributed by atoms with van der Waals surface area (Å²) in [6.07, 6.45) is 3.73. The van der Waals surface area contributed by atoms with Crippen LogP contribution in [0.5, 0.6) is 0 Å². The maximum absolute atomic E-state index is 12.5. The van der Waals surface area contributed by atoms with E-state index < -0.39 is 10.0 Å². The summed E-state index contributed by atoms with van der Waals surface area (Å²) >= 11 is 1.14. The average molecular weight is 432 g/mol. The minimum absolute atomic E-state index is 0.139. The summed E-state index contributed by atoms with van der Waals surface area (Å²) in [6, 6.07) is 12.6. The molecular weight excluding hydrogens is 410 g/mol.